The van der Waals surface area contributed by atoms with Gasteiger partial charge in [0, 0.05) is 5.56 Å². The highest BCUT2D eigenvalue weighted by atomic mass is 16.3. The fourth-order valence-electron chi connectivity index (χ4n) is 2.09. The summed E-state index contributed by atoms with van der Waals surface area (Å²) >= 11 is 0. The third-order valence-corrected chi connectivity index (χ3v) is 2.98. The van der Waals surface area contributed by atoms with Gasteiger partial charge in [0.15, 0.2) is 5.78 Å². The van der Waals surface area contributed by atoms with E-state index in [1.54, 1.807) is 19.1 Å². The van der Waals surface area contributed by atoms with Gasteiger partial charge in [0.2, 0.25) is 0 Å². The van der Waals surface area contributed by atoms with E-state index in [4.69, 9.17) is 0 Å². The zero-order chi connectivity index (χ0) is 13.0. The lowest BCUT2D eigenvalue weighted by molar-refractivity contribution is 0.0841. The molecule has 1 N–H and O–H groups in total. The minimum absolute atomic E-state index is 0.0446. The fraction of sp³-hybridized carbons (Fsp3) is 0.188. The maximum atomic E-state index is 12.4. The van der Waals surface area contributed by atoms with Crippen LogP contribution in [-0.2, 0) is 0 Å². The third kappa shape index (κ3) is 2.66. The van der Waals surface area contributed by atoms with Crippen molar-refractivity contribution in [1.82, 2.24) is 0 Å². The second kappa shape index (κ2) is 5.61. The average molecular weight is 240 g/mol. The molecule has 0 spiro atoms. The summed E-state index contributed by atoms with van der Waals surface area (Å²) in [6, 6.07) is 18.5. The molecule has 2 rings (SSSR count). The second-order valence-electron chi connectivity index (χ2n) is 4.36. The third-order valence-electron chi connectivity index (χ3n) is 2.98. The molecule has 2 nitrogen and oxygen atoms in total. The molecule has 0 amide bonds. The lowest BCUT2D eigenvalue weighted by Crippen LogP contribution is -2.23. The molecule has 2 heteroatoms. The number of carbonyl (C=O) groups is 1. The summed E-state index contributed by atoms with van der Waals surface area (Å²) in [7, 11) is 0. The zero-order valence-corrected chi connectivity index (χ0v) is 10.3. The largest absolute Gasteiger partial charge is 0.392 e. The van der Waals surface area contributed by atoms with Crippen LogP contribution in [0.25, 0.3) is 0 Å². The van der Waals surface area contributed by atoms with E-state index in [1.165, 1.54) is 0 Å². The summed E-state index contributed by atoms with van der Waals surface area (Å²) < 4.78 is 0. The minimum atomic E-state index is -0.708. The van der Waals surface area contributed by atoms with Crippen LogP contribution in [-0.4, -0.2) is 17.0 Å². The standard InChI is InChI=1S/C16H16O2/c1-12(17)15(13-8-4-2-5-9-13)16(18)14-10-6-3-7-11-14/h2-12,15,17H,1H3. The SMILES string of the molecule is CC(O)C(C(=O)c1ccccc1)c1ccccc1. The average Bonchev–Trinajstić information content (AvgIpc) is 2.40. The molecule has 0 radical (unpaired) electrons. The van der Waals surface area contributed by atoms with Gasteiger partial charge in [-0.1, -0.05) is 60.7 Å². The van der Waals surface area contributed by atoms with Crippen LogP contribution in [0.2, 0.25) is 0 Å². The maximum absolute atomic E-state index is 12.4. The highest BCUT2D eigenvalue weighted by Gasteiger charge is 2.26. The number of rotatable bonds is 4. The molecular formula is C16H16O2. The van der Waals surface area contributed by atoms with Crippen molar-refractivity contribution in [1.29, 1.82) is 0 Å². The van der Waals surface area contributed by atoms with Gasteiger partial charge in [-0.25, -0.2) is 0 Å². The quantitative estimate of drug-likeness (QED) is 0.834. The van der Waals surface area contributed by atoms with Gasteiger partial charge in [0.05, 0.1) is 12.0 Å². The maximum Gasteiger partial charge on any atom is 0.172 e. The van der Waals surface area contributed by atoms with Crippen molar-refractivity contribution < 1.29 is 9.90 Å². The predicted octanol–water partition coefficient (Wildman–Crippen LogP) is 3.03. The number of ketones is 1. The number of carbonyl (C=O) groups excluding carboxylic acids is 1. The Bertz CT molecular complexity index is 503. The van der Waals surface area contributed by atoms with E-state index in [1.807, 2.05) is 48.5 Å². The number of hydrogen-bond acceptors (Lipinski definition) is 2. The van der Waals surface area contributed by atoms with Gasteiger partial charge in [0.25, 0.3) is 0 Å². The van der Waals surface area contributed by atoms with Gasteiger partial charge in [-0.15, -0.1) is 0 Å². The summed E-state index contributed by atoms with van der Waals surface area (Å²) in [5.41, 5.74) is 1.48. The normalized spacial score (nSPS) is 13.9. The van der Waals surface area contributed by atoms with E-state index in [-0.39, 0.29) is 5.78 Å². The first kappa shape index (κ1) is 12.5. The lowest BCUT2D eigenvalue weighted by Gasteiger charge is -2.19. The molecule has 0 saturated heterocycles. The molecule has 2 atom stereocenters. The summed E-state index contributed by atoms with van der Waals surface area (Å²) in [5.74, 6) is -0.551. The highest BCUT2D eigenvalue weighted by Crippen LogP contribution is 2.24. The Morgan fingerprint density at radius 2 is 1.44 bits per heavy atom. The van der Waals surface area contributed by atoms with Crippen LogP contribution in [0.5, 0.6) is 0 Å². The molecular weight excluding hydrogens is 224 g/mol. The van der Waals surface area contributed by atoms with Crippen molar-refractivity contribution in [3.05, 3.63) is 71.8 Å². The Balaban J connectivity index is 2.35. The Morgan fingerprint density at radius 3 is 1.94 bits per heavy atom. The molecule has 18 heavy (non-hydrogen) atoms. The summed E-state index contributed by atoms with van der Waals surface area (Å²) in [6.07, 6.45) is -0.708. The van der Waals surface area contributed by atoms with Gasteiger partial charge < -0.3 is 5.11 Å². The van der Waals surface area contributed by atoms with Gasteiger partial charge in [-0.05, 0) is 12.5 Å². The van der Waals surface area contributed by atoms with Crippen molar-refractivity contribution in [2.24, 2.45) is 0 Å². The van der Waals surface area contributed by atoms with Crippen LogP contribution in [0.15, 0.2) is 60.7 Å². The van der Waals surface area contributed by atoms with Gasteiger partial charge in [-0.2, -0.15) is 0 Å². The summed E-state index contributed by atoms with van der Waals surface area (Å²) in [6.45, 7) is 1.65. The Kier molecular flexibility index (Phi) is 3.90. The van der Waals surface area contributed by atoms with Crippen LogP contribution >= 0.6 is 0 Å². The molecule has 0 aliphatic carbocycles. The molecule has 0 bridgehead atoms. The molecule has 0 saturated carbocycles. The summed E-state index contributed by atoms with van der Waals surface area (Å²) in [5, 5.41) is 9.88. The molecule has 92 valence electrons. The van der Waals surface area contributed by atoms with E-state index in [0.717, 1.165) is 5.56 Å². The smallest absolute Gasteiger partial charge is 0.172 e. The molecule has 0 fully saturated rings. The van der Waals surface area contributed by atoms with E-state index in [2.05, 4.69) is 0 Å². The molecule has 0 aromatic heterocycles. The predicted molar refractivity (Wildman–Crippen MR) is 71.6 cm³/mol. The topological polar surface area (TPSA) is 37.3 Å². The fourth-order valence-corrected chi connectivity index (χ4v) is 2.09. The molecule has 2 unspecified atom stereocenters. The van der Waals surface area contributed by atoms with Crippen LogP contribution in [0, 0.1) is 0 Å². The minimum Gasteiger partial charge on any atom is -0.392 e. The molecule has 0 aliphatic heterocycles. The number of aliphatic hydroxyl groups excluding tert-OH is 1. The van der Waals surface area contributed by atoms with Crippen LogP contribution in [0.4, 0.5) is 0 Å². The Morgan fingerprint density at radius 1 is 0.944 bits per heavy atom. The van der Waals surface area contributed by atoms with Crippen molar-refractivity contribution in [3.8, 4) is 0 Å². The van der Waals surface area contributed by atoms with E-state index in [0.29, 0.717) is 5.56 Å². The van der Waals surface area contributed by atoms with Crippen LogP contribution in [0.1, 0.15) is 28.8 Å². The van der Waals surface area contributed by atoms with Crippen LogP contribution in [0.3, 0.4) is 0 Å². The van der Waals surface area contributed by atoms with Crippen molar-refractivity contribution in [2.45, 2.75) is 18.9 Å². The molecule has 2 aromatic rings. The van der Waals surface area contributed by atoms with E-state index < -0.39 is 12.0 Å². The number of Topliss-reactive ketones (excluding diaryl/α,β-unsaturated/α-hetero) is 1. The number of benzene rings is 2. The molecule has 0 aliphatic rings. The first-order valence-electron chi connectivity index (χ1n) is 6.02. The van der Waals surface area contributed by atoms with E-state index in [9.17, 15) is 9.90 Å². The van der Waals surface area contributed by atoms with E-state index >= 15 is 0 Å². The van der Waals surface area contributed by atoms with Gasteiger partial charge in [0.1, 0.15) is 0 Å². The first-order chi connectivity index (χ1) is 8.70. The second-order valence-corrected chi connectivity index (χ2v) is 4.36. The van der Waals surface area contributed by atoms with Crippen molar-refractivity contribution in [2.75, 3.05) is 0 Å². The van der Waals surface area contributed by atoms with Crippen LogP contribution < -0.4 is 0 Å². The van der Waals surface area contributed by atoms with Gasteiger partial charge >= 0.3 is 0 Å². The highest BCUT2D eigenvalue weighted by molar-refractivity contribution is 6.01. The first-order valence-corrected chi connectivity index (χ1v) is 6.02. The Labute approximate surface area is 107 Å². The van der Waals surface area contributed by atoms with Gasteiger partial charge in [-0.3, -0.25) is 4.79 Å². The zero-order valence-electron chi connectivity index (χ0n) is 10.3. The Hall–Kier alpha value is -1.93. The molecule has 2 aromatic carbocycles. The lowest BCUT2D eigenvalue weighted by atomic mass is 9.87. The molecule has 0 heterocycles. The summed E-state index contributed by atoms with van der Waals surface area (Å²) in [4.78, 5) is 12.4. The van der Waals surface area contributed by atoms with Crippen molar-refractivity contribution >= 4 is 5.78 Å². The monoisotopic (exact) mass is 240 g/mol. The number of hydrogen-bond donors (Lipinski definition) is 1. The van der Waals surface area contributed by atoms with Crippen molar-refractivity contribution in [3.63, 3.8) is 0 Å². The number of aliphatic hydroxyl groups is 1.